The first kappa shape index (κ1) is 24.7. The summed E-state index contributed by atoms with van der Waals surface area (Å²) in [4.78, 5) is 44.4. The van der Waals surface area contributed by atoms with Gasteiger partial charge >= 0.3 is 0 Å². The van der Waals surface area contributed by atoms with Crippen molar-refractivity contribution in [1.29, 1.82) is 0 Å². The van der Waals surface area contributed by atoms with Crippen molar-refractivity contribution in [3.8, 4) is 0 Å². The maximum Gasteiger partial charge on any atom is 0.243 e. The van der Waals surface area contributed by atoms with E-state index in [2.05, 4.69) is 10.6 Å². The van der Waals surface area contributed by atoms with Crippen LogP contribution in [0.25, 0.3) is 10.8 Å². The lowest BCUT2D eigenvalue weighted by Gasteiger charge is -2.39. The summed E-state index contributed by atoms with van der Waals surface area (Å²) in [6, 6.07) is 19.2. The number of anilines is 2. The van der Waals surface area contributed by atoms with Gasteiger partial charge in [-0.2, -0.15) is 0 Å². The number of hydrogen-bond donors (Lipinski definition) is 2. The maximum absolute atomic E-state index is 14.1. The summed E-state index contributed by atoms with van der Waals surface area (Å²) in [6.45, 7) is 3.27. The molecule has 37 heavy (non-hydrogen) atoms. The van der Waals surface area contributed by atoms with Crippen LogP contribution in [0.15, 0.2) is 66.7 Å². The molecule has 0 aromatic heterocycles. The maximum atomic E-state index is 14.1. The van der Waals surface area contributed by atoms with Gasteiger partial charge < -0.3 is 20.4 Å². The molecule has 2 heterocycles. The molecular formula is C28H30FN5O3. The van der Waals surface area contributed by atoms with Gasteiger partial charge in [-0.25, -0.2) is 4.39 Å². The summed E-state index contributed by atoms with van der Waals surface area (Å²) in [7, 11) is 0. The number of fused-ring (bicyclic) bond motifs is 1. The predicted molar refractivity (Wildman–Crippen MR) is 141 cm³/mol. The summed E-state index contributed by atoms with van der Waals surface area (Å²) in [5, 5.41) is 7.61. The van der Waals surface area contributed by atoms with Crippen LogP contribution in [0.4, 0.5) is 15.8 Å². The summed E-state index contributed by atoms with van der Waals surface area (Å²) in [5.74, 6) is -1.08. The Kier molecular flexibility index (Phi) is 7.32. The molecule has 5 rings (SSSR count). The lowest BCUT2D eigenvalue weighted by Crippen LogP contribution is -2.60. The SMILES string of the molecule is O=C(C[C@@H]1C(=O)NCCN1C(=O)CN1CCN(c2ccccc2F)CC1)Nc1cccc2ccccc12. The summed E-state index contributed by atoms with van der Waals surface area (Å²) < 4.78 is 14.1. The first-order valence-electron chi connectivity index (χ1n) is 12.6. The second kappa shape index (κ2) is 11.0. The lowest BCUT2D eigenvalue weighted by molar-refractivity contribution is -0.145. The standard InChI is InChI=1S/C28H30FN5O3/c29-22-9-3-4-11-24(22)33-16-14-32(15-17-33)19-27(36)34-13-12-30-28(37)25(34)18-26(35)31-23-10-5-7-20-6-1-2-8-21(20)23/h1-11,25H,12-19H2,(H,30,37)(H,31,35)/t25-/m1/s1. The number of hydrogen-bond acceptors (Lipinski definition) is 5. The molecule has 2 aliphatic heterocycles. The van der Waals surface area contributed by atoms with Crippen LogP contribution >= 0.6 is 0 Å². The van der Waals surface area contributed by atoms with Crippen molar-refractivity contribution in [2.75, 3.05) is 56.0 Å². The third-order valence-corrected chi connectivity index (χ3v) is 7.02. The zero-order valence-electron chi connectivity index (χ0n) is 20.5. The van der Waals surface area contributed by atoms with Crippen molar-refractivity contribution in [3.63, 3.8) is 0 Å². The second-order valence-electron chi connectivity index (χ2n) is 9.39. The average molecular weight is 504 g/mol. The number of amides is 3. The number of halogens is 1. The number of nitrogens with zero attached hydrogens (tertiary/aromatic N) is 3. The molecule has 0 radical (unpaired) electrons. The van der Waals surface area contributed by atoms with Gasteiger partial charge in [0.1, 0.15) is 11.9 Å². The number of carbonyl (C=O) groups excluding carboxylic acids is 3. The molecule has 2 N–H and O–H groups in total. The van der Waals surface area contributed by atoms with E-state index in [1.54, 1.807) is 12.1 Å². The van der Waals surface area contributed by atoms with E-state index in [9.17, 15) is 18.8 Å². The molecule has 8 nitrogen and oxygen atoms in total. The van der Waals surface area contributed by atoms with Gasteiger partial charge in [0, 0.05) is 50.3 Å². The first-order valence-corrected chi connectivity index (χ1v) is 12.6. The highest BCUT2D eigenvalue weighted by Crippen LogP contribution is 2.24. The predicted octanol–water partition coefficient (Wildman–Crippen LogP) is 2.46. The fraction of sp³-hybridized carbons (Fsp3) is 0.321. The molecule has 0 aliphatic carbocycles. The van der Waals surface area contributed by atoms with Crippen LogP contribution in [0.2, 0.25) is 0 Å². The zero-order chi connectivity index (χ0) is 25.8. The molecule has 3 aromatic rings. The van der Waals surface area contributed by atoms with Gasteiger partial charge in [0.25, 0.3) is 0 Å². The van der Waals surface area contributed by atoms with E-state index in [0.29, 0.717) is 50.6 Å². The largest absolute Gasteiger partial charge is 0.367 e. The van der Waals surface area contributed by atoms with Gasteiger partial charge in [-0.3, -0.25) is 19.3 Å². The van der Waals surface area contributed by atoms with Crippen molar-refractivity contribution in [3.05, 3.63) is 72.5 Å². The van der Waals surface area contributed by atoms with Crippen LogP contribution in [-0.4, -0.2) is 79.4 Å². The molecule has 0 bridgehead atoms. The number of carbonyl (C=O) groups is 3. The highest BCUT2D eigenvalue weighted by atomic mass is 19.1. The Labute approximate surface area is 215 Å². The minimum absolute atomic E-state index is 0.123. The quantitative estimate of drug-likeness (QED) is 0.540. The Bertz CT molecular complexity index is 1300. The third-order valence-electron chi connectivity index (χ3n) is 7.02. The van der Waals surface area contributed by atoms with Gasteiger partial charge in [-0.1, -0.05) is 48.5 Å². The topological polar surface area (TPSA) is 85.0 Å². The second-order valence-corrected chi connectivity index (χ2v) is 9.39. The molecule has 3 amide bonds. The van der Waals surface area contributed by atoms with Crippen LogP contribution < -0.4 is 15.5 Å². The monoisotopic (exact) mass is 503 g/mol. The van der Waals surface area contributed by atoms with E-state index < -0.39 is 6.04 Å². The van der Waals surface area contributed by atoms with E-state index in [1.165, 1.54) is 11.0 Å². The number of rotatable bonds is 6. The number of nitrogens with one attached hydrogen (secondary N) is 2. The van der Waals surface area contributed by atoms with Crippen molar-refractivity contribution < 1.29 is 18.8 Å². The number of para-hydroxylation sites is 1. The minimum Gasteiger partial charge on any atom is -0.367 e. The molecule has 2 aliphatic rings. The number of benzene rings is 3. The Balaban J connectivity index is 1.20. The van der Waals surface area contributed by atoms with Crippen molar-refractivity contribution >= 4 is 39.9 Å². The van der Waals surface area contributed by atoms with E-state index >= 15 is 0 Å². The highest BCUT2D eigenvalue weighted by Gasteiger charge is 2.35. The van der Waals surface area contributed by atoms with Gasteiger partial charge in [-0.05, 0) is 23.6 Å². The molecule has 192 valence electrons. The van der Waals surface area contributed by atoms with E-state index in [4.69, 9.17) is 0 Å². The van der Waals surface area contributed by atoms with Crippen LogP contribution in [-0.2, 0) is 14.4 Å². The molecule has 0 spiro atoms. The molecule has 0 unspecified atom stereocenters. The van der Waals surface area contributed by atoms with Gasteiger partial charge in [0.2, 0.25) is 17.7 Å². The van der Waals surface area contributed by atoms with Gasteiger partial charge in [0.05, 0.1) is 18.7 Å². The van der Waals surface area contributed by atoms with Crippen LogP contribution in [0.1, 0.15) is 6.42 Å². The first-order chi connectivity index (χ1) is 18.0. The average Bonchev–Trinajstić information content (AvgIpc) is 2.91. The smallest absolute Gasteiger partial charge is 0.243 e. The fourth-order valence-corrected chi connectivity index (χ4v) is 5.06. The van der Waals surface area contributed by atoms with Crippen LogP contribution in [0, 0.1) is 5.82 Å². The summed E-state index contributed by atoms with van der Waals surface area (Å²) in [5.41, 5.74) is 1.24. The van der Waals surface area contributed by atoms with Crippen molar-refractivity contribution in [2.24, 2.45) is 0 Å². The van der Waals surface area contributed by atoms with Gasteiger partial charge in [0.15, 0.2) is 0 Å². The fourth-order valence-electron chi connectivity index (χ4n) is 5.06. The van der Waals surface area contributed by atoms with Gasteiger partial charge in [-0.15, -0.1) is 0 Å². The normalized spacial score (nSPS) is 18.5. The molecular weight excluding hydrogens is 473 g/mol. The van der Waals surface area contributed by atoms with Crippen molar-refractivity contribution in [1.82, 2.24) is 15.1 Å². The molecule has 2 fully saturated rings. The molecule has 1 atom stereocenters. The van der Waals surface area contributed by atoms with E-state index in [1.807, 2.05) is 58.3 Å². The van der Waals surface area contributed by atoms with E-state index in [0.717, 1.165) is 10.8 Å². The third kappa shape index (κ3) is 5.56. The Morgan fingerprint density at radius 3 is 2.46 bits per heavy atom. The summed E-state index contributed by atoms with van der Waals surface area (Å²) >= 11 is 0. The highest BCUT2D eigenvalue weighted by molar-refractivity contribution is 6.04. The van der Waals surface area contributed by atoms with Crippen LogP contribution in [0.5, 0.6) is 0 Å². The summed E-state index contributed by atoms with van der Waals surface area (Å²) in [6.07, 6.45) is -0.123. The molecule has 2 saturated heterocycles. The van der Waals surface area contributed by atoms with Crippen molar-refractivity contribution in [2.45, 2.75) is 12.5 Å². The Hall–Kier alpha value is -3.98. The zero-order valence-corrected chi connectivity index (χ0v) is 20.5. The molecule has 9 heteroatoms. The lowest BCUT2D eigenvalue weighted by atomic mass is 10.1. The minimum atomic E-state index is -0.865. The molecule has 3 aromatic carbocycles. The Morgan fingerprint density at radius 2 is 1.65 bits per heavy atom. The Morgan fingerprint density at radius 1 is 0.919 bits per heavy atom. The molecule has 0 saturated carbocycles. The number of piperazine rings is 2. The van der Waals surface area contributed by atoms with E-state index in [-0.39, 0.29) is 36.5 Å². The van der Waals surface area contributed by atoms with Crippen LogP contribution in [0.3, 0.4) is 0 Å².